The maximum atomic E-state index is 14.6. The lowest BCUT2D eigenvalue weighted by Crippen LogP contribution is -2.71. The molecule has 0 saturated carbocycles. The van der Waals surface area contributed by atoms with Crippen LogP contribution in [0.15, 0.2) is 24.3 Å². The number of benzene rings is 1. The molecule has 4 aliphatic rings. The Bertz CT molecular complexity index is 2130. The highest BCUT2D eigenvalue weighted by atomic mass is 16.5. The van der Waals surface area contributed by atoms with E-state index in [0.29, 0.717) is 63.4 Å². The summed E-state index contributed by atoms with van der Waals surface area (Å²) in [5.41, 5.74) is 2.67. The molecular weight excluding hydrogens is 999 g/mol. The number of amides is 4. The van der Waals surface area contributed by atoms with Gasteiger partial charge in [0, 0.05) is 55.4 Å². The monoisotopic (exact) mass is 1100 g/mol. The van der Waals surface area contributed by atoms with Crippen molar-refractivity contribution in [3.63, 3.8) is 0 Å². The third-order valence-electron chi connectivity index (χ3n) is 18.2. The smallest absolute Gasteiger partial charge is 0.325 e. The van der Waals surface area contributed by atoms with Gasteiger partial charge in [0.2, 0.25) is 17.7 Å². The third kappa shape index (κ3) is 17.2. The first-order valence-corrected chi connectivity index (χ1v) is 29.8. The molecule has 442 valence electrons. The Kier molecular flexibility index (Phi) is 24.9. The molecule has 18 heteroatoms. The van der Waals surface area contributed by atoms with Crippen molar-refractivity contribution in [3.05, 3.63) is 29.8 Å². The number of aromatic hydroxyl groups is 1. The van der Waals surface area contributed by atoms with Crippen molar-refractivity contribution in [2.24, 2.45) is 53.3 Å². The number of esters is 1. The number of ether oxygens (including phenoxy) is 2. The number of nitrogens with zero attached hydrogens (tertiary/aromatic N) is 1. The number of hydrazine groups is 1. The molecule has 4 fully saturated rings. The molecule has 4 amide bonds. The zero-order chi connectivity index (χ0) is 57.6. The molecule has 9 N–H and O–H groups in total. The number of hydrogen-bond acceptors (Lipinski definition) is 14. The third-order valence-corrected chi connectivity index (χ3v) is 18.2. The van der Waals surface area contributed by atoms with Gasteiger partial charge in [0.05, 0.1) is 36.4 Å². The van der Waals surface area contributed by atoms with E-state index in [2.05, 4.69) is 35.2 Å². The molecule has 1 aromatic rings. The molecule has 0 aromatic heterocycles. The van der Waals surface area contributed by atoms with Gasteiger partial charge in [0.25, 0.3) is 5.91 Å². The minimum atomic E-state index is -1.35. The zero-order valence-electron chi connectivity index (χ0n) is 48.6. The Morgan fingerprint density at radius 2 is 1.55 bits per heavy atom. The quantitative estimate of drug-likeness (QED) is 0.0625. The fraction of sp³-hybridized carbons (Fsp3) is 0.800. The minimum absolute atomic E-state index is 0.000986. The number of Topliss-reactive ketones (excluding diaryl/α,β-unsaturated/α-hetero) is 1. The molecule has 18 nitrogen and oxygen atoms in total. The van der Waals surface area contributed by atoms with Crippen molar-refractivity contribution in [3.8, 4) is 5.75 Å². The number of unbranched alkanes of at least 4 members (excludes halogenated alkanes) is 2. The van der Waals surface area contributed by atoms with Crippen LogP contribution < -0.4 is 21.4 Å². The molecule has 5 rings (SSSR count). The maximum absolute atomic E-state index is 14.6. The van der Waals surface area contributed by atoms with E-state index >= 15 is 0 Å². The topological polar surface area (TPSA) is 273 Å². The number of aliphatic hydroxyl groups excluding tert-OH is 4. The van der Waals surface area contributed by atoms with Crippen molar-refractivity contribution in [1.82, 2.24) is 26.4 Å². The summed E-state index contributed by atoms with van der Waals surface area (Å²) in [6, 6.07) is 3.12. The van der Waals surface area contributed by atoms with Crippen LogP contribution in [0, 0.1) is 53.3 Å². The number of ketones is 1. The second-order valence-electron chi connectivity index (χ2n) is 24.6. The van der Waals surface area contributed by atoms with Gasteiger partial charge >= 0.3 is 5.97 Å². The molecule has 4 aliphatic heterocycles. The van der Waals surface area contributed by atoms with E-state index in [-0.39, 0.29) is 78.8 Å². The minimum Gasteiger partial charge on any atom is -0.508 e. The molecule has 1 aromatic carbocycles. The van der Waals surface area contributed by atoms with Gasteiger partial charge in [-0.05, 0) is 107 Å². The van der Waals surface area contributed by atoms with Crippen LogP contribution in [0.4, 0.5) is 0 Å². The van der Waals surface area contributed by atoms with Gasteiger partial charge in [-0.25, -0.2) is 5.43 Å². The highest BCUT2D eigenvalue weighted by Gasteiger charge is 2.57. The van der Waals surface area contributed by atoms with Crippen molar-refractivity contribution in [2.45, 2.75) is 245 Å². The standard InChI is InChI=1S/C60H99N5O13/c1-11-43-30-37(6)60(63-55(43)72)41(10)53(70)40(9)51(78-60)33-49(69)35(4)20-14-12-15-21-36(5)50-26-17-13-16-25-48(68)39(8)54(71)45(28-27-38(7)66)56(73)62-52(34(2)3)57(74)61-47(32-42-22-18-23-44(67)31-42)58(75)65-29-19-24-46(64-65)59(76)77-50/h18,22-23,31,34-37,39-41,43,45-54,64,67-71H,11-17,19-21,24-30,32-33H2,1-10H3,(H,61,74)(H,62,73)(H,63,72)/t35-,36?,37-,39-,40-,41-,43-,45?,46-,47-,48-,49-,50-,51-,52?,53-,54+,60+/m0/s1. The van der Waals surface area contributed by atoms with Crippen LogP contribution in [0.3, 0.4) is 0 Å². The molecule has 2 bridgehead atoms. The molecule has 4 heterocycles. The highest BCUT2D eigenvalue weighted by Crippen LogP contribution is 2.46. The van der Waals surface area contributed by atoms with E-state index < -0.39 is 102 Å². The summed E-state index contributed by atoms with van der Waals surface area (Å²) in [5, 5.41) is 66.5. The number of rotatable bonds is 17. The fourth-order valence-corrected chi connectivity index (χ4v) is 12.5. The number of cyclic esters (lactones) is 1. The van der Waals surface area contributed by atoms with E-state index in [9.17, 15) is 54.3 Å². The number of nitrogens with one attached hydrogen (secondary N) is 4. The van der Waals surface area contributed by atoms with Crippen LogP contribution in [-0.4, -0.2) is 133 Å². The normalized spacial score (nSPS) is 34.6. The molecule has 3 unspecified atom stereocenters. The zero-order valence-corrected chi connectivity index (χ0v) is 48.6. The Morgan fingerprint density at radius 1 is 0.846 bits per heavy atom. The van der Waals surface area contributed by atoms with Crippen LogP contribution >= 0.6 is 0 Å². The Balaban J connectivity index is 1.27. The van der Waals surface area contributed by atoms with Crippen molar-refractivity contribution >= 4 is 35.4 Å². The summed E-state index contributed by atoms with van der Waals surface area (Å²) in [6.45, 7) is 18.9. The van der Waals surface area contributed by atoms with E-state index in [0.717, 1.165) is 38.5 Å². The van der Waals surface area contributed by atoms with Gasteiger partial charge in [0.15, 0.2) is 0 Å². The van der Waals surface area contributed by atoms with Crippen molar-refractivity contribution in [1.29, 1.82) is 0 Å². The number of aliphatic hydroxyl groups is 4. The number of phenolic OH excluding ortho intramolecular Hbond substituents is 1. The molecule has 4 saturated heterocycles. The predicted molar refractivity (Wildman–Crippen MR) is 296 cm³/mol. The van der Waals surface area contributed by atoms with Crippen LogP contribution in [-0.2, 0) is 44.7 Å². The van der Waals surface area contributed by atoms with E-state index in [1.165, 1.54) is 24.1 Å². The summed E-state index contributed by atoms with van der Waals surface area (Å²) < 4.78 is 13.1. The first-order valence-electron chi connectivity index (χ1n) is 29.8. The first kappa shape index (κ1) is 64.6. The van der Waals surface area contributed by atoms with Gasteiger partial charge in [-0.15, -0.1) is 0 Å². The number of phenols is 1. The Labute approximate surface area is 464 Å². The van der Waals surface area contributed by atoms with Crippen molar-refractivity contribution in [2.75, 3.05) is 6.54 Å². The maximum Gasteiger partial charge on any atom is 0.325 e. The van der Waals surface area contributed by atoms with Gasteiger partial charge in [-0.3, -0.25) is 29.0 Å². The van der Waals surface area contributed by atoms with E-state index in [4.69, 9.17) is 9.47 Å². The summed E-state index contributed by atoms with van der Waals surface area (Å²) >= 11 is 0. The summed E-state index contributed by atoms with van der Waals surface area (Å²) in [4.78, 5) is 82.4. The number of carbonyl (C=O) groups excluding carboxylic acids is 6. The second-order valence-corrected chi connectivity index (χ2v) is 24.6. The lowest BCUT2D eigenvalue weighted by Gasteiger charge is -2.56. The number of piperidine rings is 1. The summed E-state index contributed by atoms with van der Waals surface area (Å²) in [5.74, 6) is -5.65. The van der Waals surface area contributed by atoms with Crippen LogP contribution in [0.5, 0.6) is 5.75 Å². The van der Waals surface area contributed by atoms with E-state index in [1.54, 1.807) is 32.9 Å². The van der Waals surface area contributed by atoms with Crippen LogP contribution in [0.1, 0.15) is 184 Å². The average molecular weight is 1100 g/mol. The summed E-state index contributed by atoms with van der Waals surface area (Å²) in [7, 11) is 0. The SMILES string of the molecule is CC[C@H]1C[C@H](C)[C@@]2(NC1=O)O[C@@H](C[C@H](O)[C@@H](C)CCCCCC(C)[C@@H]1CCCCC[C@H](O)[C@H](C)[C@@H](O)C(CCC(C)=O)C(=O)NC(C(C)C)C(=O)N[C@@H](Cc3cccc(O)c3)C(=O)N3CCC[C@H](N3)C(=O)O1)[C@H](C)[C@H](O)[C@@H]2C. The highest BCUT2D eigenvalue weighted by molar-refractivity contribution is 5.93. The molecular formula is C60H99N5O13. The largest absolute Gasteiger partial charge is 0.508 e. The van der Waals surface area contributed by atoms with Gasteiger partial charge < -0.3 is 55.8 Å². The molecule has 0 aliphatic carbocycles. The predicted octanol–water partition coefficient (Wildman–Crippen LogP) is 6.16. The van der Waals surface area contributed by atoms with E-state index in [1.807, 2.05) is 27.7 Å². The number of hydrogen-bond donors (Lipinski definition) is 9. The average Bonchev–Trinajstić information content (AvgIpc) is 3.51. The lowest BCUT2D eigenvalue weighted by molar-refractivity contribution is -0.267. The second kappa shape index (κ2) is 30.0. The molecule has 18 atom stereocenters. The lowest BCUT2D eigenvalue weighted by atomic mass is 9.69. The van der Waals surface area contributed by atoms with Gasteiger partial charge in [-0.2, -0.15) is 0 Å². The Hall–Kier alpha value is -4.20. The molecule has 0 radical (unpaired) electrons. The van der Waals surface area contributed by atoms with Crippen LogP contribution in [0.25, 0.3) is 0 Å². The van der Waals surface area contributed by atoms with Gasteiger partial charge in [-0.1, -0.05) is 107 Å². The summed E-state index contributed by atoms with van der Waals surface area (Å²) in [6.07, 6.45) is 5.05. The number of fused-ring (bicyclic) bond motifs is 2. The fourth-order valence-electron chi connectivity index (χ4n) is 12.5. The van der Waals surface area contributed by atoms with Crippen LogP contribution in [0.2, 0.25) is 0 Å². The van der Waals surface area contributed by atoms with Crippen molar-refractivity contribution < 1.29 is 63.8 Å². The number of carbonyl (C=O) groups is 6. The first-order chi connectivity index (χ1) is 36.9. The van der Waals surface area contributed by atoms with Gasteiger partial charge in [0.1, 0.15) is 41.5 Å². The molecule has 78 heavy (non-hydrogen) atoms. The Morgan fingerprint density at radius 3 is 2.23 bits per heavy atom. The molecule has 1 spiro atoms.